The van der Waals surface area contributed by atoms with Crippen molar-refractivity contribution in [1.29, 1.82) is 0 Å². The van der Waals surface area contributed by atoms with Crippen molar-refractivity contribution in [1.82, 2.24) is 4.90 Å². The van der Waals surface area contributed by atoms with Crippen molar-refractivity contribution in [3.8, 4) is 0 Å². The highest BCUT2D eigenvalue weighted by molar-refractivity contribution is 7.89. The summed E-state index contributed by atoms with van der Waals surface area (Å²) in [4.78, 5) is 27.5. The molecule has 2 atom stereocenters. The first-order valence-electron chi connectivity index (χ1n) is 10.3. The lowest BCUT2D eigenvalue weighted by Crippen LogP contribution is -2.42. The van der Waals surface area contributed by atoms with Crippen LogP contribution in [-0.2, 0) is 19.6 Å². The first-order valence-corrected chi connectivity index (χ1v) is 11.8. The molecule has 3 rings (SSSR count). The zero-order chi connectivity index (χ0) is 22.3. The number of amides is 2. The Morgan fingerprint density at radius 3 is 2.20 bits per heavy atom. The topological polar surface area (TPSA) is 110 Å². The van der Waals surface area contributed by atoms with E-state index >= 15 is 0 Å². The van der Waals surface area contributed by atoms with Crippen LogP contribution in [-0.4, -0.2) is 38.2 Å². The quantitative estimate of drug-likeness (QED) is 0.696. The molecule has 1 saturated heterocycles. The van der Waals surface area contributed by atoms with E-state index in [9.17, 15) is 18.0 Å². The Hall–Kier alpha value is -2.19. The molecule has 30 heavy (non-hydrogen) atoms. The van der Waals surface area contributed by atoms with E-state index < -0.39 is 10.0 Å². The van der Waals surface area contributed by atoms with Crippen LogP contribution in [0.3, 0.4) is 0 Å². The number of carbonyl (C=O) groups is 2. The van der Waals surface area contributed by atoms with Gasteiger partial charge >= 0.3 is 0 Å². The van der Waals surface area contributed by atoms with Gasteiger partial charge in [0.05, 0.1) is 10.8 Å². The summed E-state index contributed by atoms with van der Waals surface area (Å²) < 4.78 is 22.6. The molecule has 2 aliphatic rings. The maximum absolute atomic E-state index is 13.0. The summed E-state index contributed by atoms with van der Waals surface area (Å²) in [6.07, 6.45) is 3.44. The summed E-state index contributed by atoms with van der Waals surface area (Å²) in [5.41, 5.74) is 1.75. The van der Waals surface area contributed by atoms with Gasteiger partial charge in [0.1, 0.15) is 0 Å². The van der Waals surface area contributed by atoms with Gasteiger partial charge in [-0.15, -0.1) is 0 Å². The molecule has 3 N–H and O–H groups in total. The van der Waals surface area contributed by atoms with Gasteiger partial charge in [-0.2, -0.15) is 0 Å². The molecule has 1 aliphatic carbocycles. The number of nitrogens with one attached hydrogen (secondary N) is 1. The normalized spacial score (nSPS) is 23.6. The Labute approximate surface area is 178 Å². The molecule has 0 bridgehead atoms. The molecule has 8 heteroatoms. The van der Waals surface area contributed by atoms with E-state index in [2.05, 4.69) is 39.1 Å². The zero-order valence-corrected chi connectivity index (χ0v) is 18.8. The number of carbonyl (C=O) groups excluding carboxylic acids is 2. The van der Waals surface area contributed by atoms with Crippen molar-refractivity contribution in [2.45, 2.75) is 45.4 Å². The molecule has 0 unspecified atom stereocenters. The van der Waals surface area contributed by atoms with Gasteiger partial charge in [0.2, 0.25) is 21.8 Å². The Kier molecular flexibility index (Phi) is 6.11. The lowest BCUT2D eigenvalue weighted by atomic mass is 9.95. The smallest absolute Gasteiger partial charge is 0.238 e. The Morgan fingerprint density at radius 2 is 1.70 bits per heavy atom. The average Bonchev–Trinajstić information content (AvgIpc) is 3.20. The second kappa shape index (κ2) is 8.15. The van der Waals surface area contributed by atoms with Crippen LogP contribution in [0.25, 0.3) is 0 Å². The molecule has 164 valence electrons. The summed E-state index contributed by atoms with van der Waals surface area (Å²) in [6.45, 7) is 9.55. The Balaban J connectivity index is 1.53. The van der Waals surface area contributed by atoms with Crippen LogP contribution < -0.4 is 10.5 Å². The molecule has 1 saturated carbocycles. The van der Waals surface area contributed by atoms with Gasteiger partial charge in [-0.05, 0) is 62.3 Å². The van der Waals surface area contributed by atoms with E-state index in [1.807, 2.05) is 4.90 Å². The van der Waals surface area contributed by atoms with Crippen LogP contribution in [0.15, 0.2) is 40.8 Å². The van der Waals surface area contributed by atoms with Gasteiger partial charge in [0, 0.05) is 24.7 Å². The monoisotopic (exact) mass is 433 g/mol. The van der Waals surface area contributed by atoms with Gasteiger partial charge in [-0.1, -0.05) is 25.5 Å². The number of anilines is 1. The fraction of sp³-hybridized carbons (Fsp3) is 0.545. The third-order valence-electron chi connectivity index (χ3n) is 6.32. The maximum Gasteiger partial charge on any atom is 0.238 e. The van der Waals surface area contributed by atoms with Crippen LogP contribution in [0.4, 0.5) is 5.69 Å². The number of piperidine rings is 1. The number of sulfonamides is 1. The minimum Gasteiger partial charge on any atom is -0.342 e. The van der Waals surface area contributed by atoms with Crippen LogP contribution >= 0.6 is 0 Å². The summed E-state index contributed by atoms with van der Waals surface area (Å²) in [5.74, 6) is 0.221. The average molecular weight is 434 g/mol. The number of nitrogens with two attached hydrogens (primary N) is 1. The second-order valence-corrected chi connectivity index (χ2v) is 10.8. The van der Waals surface area contributed by atoms with Gasteiger partial charge in [0.15, 0.2) is 0 Å². The molecule has 2 fully saturated rings. The summed E-state index contributed by atoms with van der Waals surface area (Å²) in [5, 5.41) is 7.91. The lowest BCUT2D eigenvalue weighted by molar-refractivity contribution is -0.136. The molecular formula is C22H31N3O4S. The molecule has 0 aromatic heterocycles. The predicted molar refractivity (Wildman–Crippen MR) is 116 cm³/mol. The van der Waals surface area contributed by atoms with E-state index in [1.165, 1.54) is 29.8 Å². The highest BCUT2D eigenvalue weighted by Gasteiger charge is 2.61. The van der Waals surface area contributed by atoms with Crippen molar-refractivity contribution in [2.75, 3.05) is 18.4 Å². The van der Waals surface area contributed by atoms with Gasteiger partial charge in [0.25, 0.3) is 0 Å². The van der Waals surface area contributed by atoms with Gasteiger partial charge < -0.3 is 10.2 Å². The van der Waals surface area contributed by atoms with E-state index in [0.717, 1.165) is 0 Å². The lowest BCUT2D eigenvalue weighted by Gasteiger charge is -2.32. The molecule has 1 aromatic carbocycles. The molecular weight excluding hydrogens is 402 g/mol. The van der Waals surface area contributed by atoms with Crippen LogP contribution in [0.1, 0.15) is 40.5 Å². The molecule has 2 amide bonds. The Morgan fingerprint density at radius 1 is 1.13 bits per heavy atom. The third kappa shape index (κ3) is 4.75. The molecule has 1 heterocycles. The molecule has 1 aliphatic heterocycles. The van der Waals surface area contributed by atoms with Gasteiger partial charge in [-0.3, -0.25) is 9.59 Å². The van der Waals surface area contributed by atoms with E-state index in [4.69, 9.17) is 5.14 Å². The van der Waals surface area contributed by atoms with E-state index in [-0.39, 0.29) is 39.9 Å². The van der Waals surface area contributed by atoms with Crippen LogP contribution in [0, 0.1) is 23.2 Å². The van der Waals surface area contributed by atoms with Crippen molar-refractivity contribution >= 4 is 27.5 Å². The van der Waals surface area contributed by atoms with Crippen LogP contribution in [0.5, 0.6) is 0 Å². The molecule has 0 radical (unpaired) electrons. The van der Waals surface area contributed by atoms with Crippen molar-refractivity contribution in [3.05, 3.63) is 35.9 Å². The number of likely N-dealkylation sites (tertiary alicyclic amines) is 1. The number of nitrogens with zero attached hydrogens (tertiary/aromatic N) is 1. The van der Waals surface area contributed by atoms with E-state index in [0.29, 0.717) is 31.6 Å². The summed E-state index contributed by atoms with van der Waals surface area (Å²) in [6, 6.07) is 5.78. The zero-order valence-electron chi connectivity index (χ0n) is 18.0. The molecule has 7 nitrogen and oxygen atoms in total. The fourth-order valence-corrected chi connectivity index (χ4v) is 4.87. The first kappa shape index (κ1) is 22.5. The Bertz CT molecular complexity index is 955. The number of hydrogen-bond donors (Lipinski definition) is 2. The highest BCUT2D eigenvalue weighted by Crippen LogP contribution is 2.60. The highest BCUT2D eigenvalue weighted by atomic mass is 32.2. The fourth-order valence-electron chi connectivity index (χ4n) is 4.35. The summed E-state index contributed by atoms with van der Waals surface area (Å²) >= 11 is 0. The maximum atomic E-state index is 13.0. The third-order valence-corrected chi connectivity index (χ3v) is 7.25. The molecule has 0 spiro atoms. The first-order chi connectivity index (χ1) is 13.9. The number of allylic oxidation sites excluding steroid dienone is 2. The van der Waals surface area contributed by atoms with Crippen LogP contribution in [0.2, 0.25) is 0 Å². The number of benzene rings is 1. The minimum atomic E-state index is -3.76. The second-order valence-electron chi connectivity index (χ2n) is 9.23. The van der Waals surface area contributed by atoms with Crippen molar-refractivity contribution in [3.63, 3.8) is 0 Å². The SMILES string of the molecule is CC(C)=C[C@H]1[C@H](C(=O)N2CCC(C(=O)Nc3ccc(S(N)(=O)=O)cc3)CC2)C1(C)C. The van der Waals surface area contributed by atoms with Crippen molar-refractivity contribution < 1.29 is 18.0 Å². The van der Waals surface area contributed by atoms with E-state index in [1.54, 1.807) is 0 Å². The molecule has 1 aromatic rings. The number of primary sulfonamides is 1. The number of rotatable bonds is 5. The largest absolute Gasteiger partial charge is 0.342 e. The standard InChI is InChI=1S/C22H31N3O4S/c1-14(2)13-18-19(22(18,3)4)21(27)25-11-9-15(10-12-25)20(26)24-16-5-7-17(8-6-16)30(23,28)29/h5-8,13,15,18-19H,9-12H2,1-4H3,(H,24,26)(H2,23,28,29)/t18-,19+/m0/s1. The minimum absolute atomic E-state index is 0.00161. The van der Waals surface area contributed by atoms with Gasteiger partial charge in [-0.25, -0.2) is 13.6 Å². The summed E-state index contributed by atoms with van der Waals surface area (Å²) in [7, 11) is -3.76. The van der Waals surface area contributed by atoms with Crippen molar-refractivity contribution in [2.24, 2.45) is 28.3 Å². The number of hydrogen-bond acceptors (Lipinski definition) is 4. The predicted octanol–water partition coefficient (Wildman–Crippen LogP) is 2.75.